The predicted octanol–water partition coefficient (Wildman–Crippen LogP) is 2.65. The van der Waals surface area contributed by atoms with Crippen LogP contribution in [0.5, 0.6) is 0 Å². The molecule has 2 rings (SSSR count). The lowest BCUT2D eigenvalue weighted by Crippen LogP contribution is -2.39. The van der Waals surface area contributed by atoms with E-state index in [0.29, 0.717) is 19.0 Å². The second-order valence-corrected chi connectivity index (χ2v) is 5.37. The van der Waals surface area contributed by atoms with Gasteiger partial charge in [0, 0.05) is 30.3 Å². The van der Waals surface area contributed by atoms with Gasteiger partial charge < -0.3 is 15.3 Å². The van der Waals surface area contributed by atoms with E-state index in [9.17, 15) is 4.79 Å². The Morgan fingerprint density at radius 2 is 2.22 bits per heavy atom. The fourth-order valence-electron chi connectivity index (χ4n) is 2.06. The van der Waals surface area contributed by atoms with Gasteiger partial charge in [0.1, 0.15) is 5.82 Å². The van der Waals surface area contributed by atoms with E-state index in [4.69, 9.17) is 5.11 Å². The molecule has 1 amide bonds. The van der Waals surface area contributed by atoms with Crippen molar-refractivity contribution in [3.05, 3.63) is 22.8 Å². The third-order valence-corrected chi connectivity index (χ3v) is 3.65. The highest BCUT2D eigenvalue weighted by Crippen LogP contribution is 2.18. The van der Waals surface area contributed by atoms with Gasteiger partial charge in [-0.25, -0.2) is 9.78 Å². The maximum absolute atomic E-state index is 10.8. The van der Waals surface area contributed by atoms with Crippen LogP contribution in [-0.4, -0.2) is 40.7 Å². The molecule has 1 saturated heterocycles. The maximum atomic E-state index is 10.8. The van der Waals surface area contributed by atoms with E-state index in [1.165, 1.54) is 4.90 Å². The van der Waals surface area contributed by atoms with Gasteiger partial charge in [-0.2, -0.15) is 0 Å². The number of nitrogens with one attached hydrogen (secondary N) is 1. The summed E-state index contributed by atoms with van der Waals surface area (Å²) >= 11 is 3.34. The molecule has 98 valence electrons. The number of aromatic nitrogens is 1. The minimum atomic E-state index is -0.809. The van der Waals surface area contributed by atoms with E-state index in [1.54, 1.807) is 6.20 Å². The molecule has 0 aliphatic carbocycles. The molecule has 6 heteroatoms. The van der Waals surface area contributed by atoms with Crippen LogP contribution in [0.25, 0.3) is 0 Å². The van der Waals surface area contributed by atoms with Crippen molar-refractivity contribution < 1.29 is 9.90 Å². The molecule has 1 aromatic heterocycles. The van der Waals surface area contributed by atoms with Gasteiger partial charge in [-0.05, 0) is 46.8 Å². The fraction of sp³-hybridized carbons (Fsp3) is 0.500. The zero-order chi connectivity index (χ0) is 13.0. The van der Waals surface area contributed by atoms with Crippen LogP contribution in [0.2, 0.25) is 0 Å². The minimum absolute atomic E-state index is 0.519. The van der Waals surface area contributed by atoms with Crippen molar-refractivity contribution in [3.63, 3.8) is 0 Å². The summed E-state index contributed by atoms with van der Waals surface area (Å²) in [6.45, 7) is 2.12. The highest BCUT2D eigenvalue weighted by molar-refractivity contribution is 9.10. The zero-order valence-electron chi connectivity index (χ0n) is 9.97. The smallest absolute Gasteiger partial charge is 0.407 e. The number of rotatable bonds is 3. The number of hydrogen-bond acceptors (Lipinski definition) is 3. The van der Waals surface area contributed by atoms with E-state index in [0.717, 1.165) is 29.7 Å². The first-order valence-electron chi connectivity index (χ1n) is 5.98. The molecule has 1 fully saturated rings. The molecule has 1 aliphatic heterocycles. The van der Waals surface area contributed by atoms with E-state index >= 15 is 0 Å². The van der Waals surface area contributed by atoms with Crippen molar-refractivity contribution in [3.8, 4) is 0 Å². The molecule has 1 aromatic rings. The number of pyridine rings is 1. The van der Waals surface area contributed by atoms with Gasteiger partial charge in [0.25, 0.3) is 0 Å². The van der Waals surface area contributed by atoms with Crippen LogP contribution in [0.4, 0.5) is 10.6 Å². The third kappa shape index (κ3) is 3.60. The van der Waals surface area contributed by atoms with E-state index in [2.05, 4.69) is 26.2 Å². The first-order chi connectivity index (χ1) is 8.65. The molecule has 0 unspecified atom stereocenters. The Morgan fingerprint density at radius 1 is 1.50 bits per heavy atom. The van der Waals surface area contributed by atoms with E-state index in [-0.39, 0.29) is 0 Å². The van der Waals surface area contributed by atoms with Crippen LogP contribution in [0.1, 0.15) is 12.8 Å². The Labute approximate surface area is 114 Å². The monoisotopic (exact) mass is 313 g/mol. The van der Waals surface area contributed by atoms with Crippen molar-refractivity contribution in [1.82, 2.24) is 9.88 Å². The topological polar surface area (TPSA) is 65.5 Å². The lowest BCUT2D eigenvalue weighted by atomic mass is 9.97. The van der Waals surface area contributed by atoms with Gasteiger partial charge in [-0.3, -0.25) is 0 Å². The number of hydrogen-bond donors (Lipinski definition) is 2. The third-order valence-electron chi connectivity index (χ3n) is 3.18. The number of amides is 1. The lowest BCUT2D eigenvalue weighted by molar-refractivity contribution is 0.126. The molecule has 18 heavy (non-hydrogen) atoms. The molecule has 5 nitrogen and oxygen atoms in total. The summed E-state index contributed by atoms with van der Waals surface area (Å²) < 4.78 is 0.961. The molecule has 1 aliphatic rings. The number of carbonyl (C=O) groups is 1. The molecule has 2 N–H and O–H groups in total. The van der Waals surface area contributed by atoms with Gasteiger partial charge in [0.15, 0.2) is 0 Å². The Balaban J connectivity index is 1.75. The first-order valence-corrected chi connectivity index (χ1v) is 6.78. The highest BCUT2D eigenvalue weighted by Gasteiger charge is 2.21. The van der Waals surface area contributed by atoms with E-state index < -0.39 is 6.09 Å². The van der Waals surface area contributed by atoms with Crippen LogP contribution in [0.3, 0.4) is 0 Å². The van der Waals surface area contributed by atoms with Gasteiger partial charge in [-0.15, -0.1) is 0 Å². The lowest BCUT2D eigenvalue weighted by Gasteiger charge is -2.30. The normalized spacial score (nSPS) is 16.6. The largest absolute Gasteiger partial charge is 0.465 e. The Hall–Kier alpha value is -1.30. The van der Waals surface area contributed by atoms with Crippen LogP contribution in [0, 0.1) is 5.92 Å². The molecule has 0 spiro atoms. The molecule has 0 atom stereocenters. The molecular weight excluding hydrogens is 298 g/mol. The van der Waals surface area contributed by atoms with Crippen LogP contribution in [-0.2, 0) is 0 Å². The van der Waals surface area contributed by atoms with Gasteiger partial charge in [-0.1, -0.05) is 0 Å². The number of halogens is 1. The molecule has 0 saturated carbocycles. The maximum Gasteiger partial charge on any atom is 0.407 e. The highest BCUT2D eigenvalue weighted by atomic mass is 79.9. The quantitative estimate of drug-likeness (QED) is 0.900. The SMILES string of the molecule is O=C(O)N1CCC(CNc2ccc(Br)cn2)CC1. The average molecular weight is 314 g/mol. The molecular formula is C12H16BrN3O2. The van der Waals surface area contributed by atoms with Crippen LogP contribution in [0.15, 0.2) is 22.8 Å². The number of carboxylic acid groups (broad SMARTS) is 1. The number of piperidine rings is 1. The molecule has 0 bridgehead atoms. The Kier molecular flexibility index (Phi) is 4.41. The van der Waals surface area contributed by atoms with Crippen molar-refractivity contribution in [2.45, 2.75) is 12.8 Å². The Bertz CT molecular complexity index is 402. The summed E-state index contributed by atoms with van der Waals surface area (Å²) in [6, 6.07) is 3.87. The van der Waals surface area contributed by atoms with Crippen molar-refractivity contribution in [2.75, 3.05) is 25.0 Å². The first kappa shape index (κ1) is 13.1. The summed E-state index contributed by atoms with van der Waals surface area (Å²) in [5.74, 6) is 1.38. The van der Waals surface area contributed by atoms with Crippen LogP contribution < -0.4 is 5.32 Å². The molecule has 2 heterocycles. The van der Waals surface area contributed by atoms with Crippen molar-refractivity contribution >= 4 is 27.8 Å². The summed E-state index contributed by atoms with van der Waals surface area (Å²) in [4.78, 5) is 16.5. The number of likely N-dealkylation sites (tertiary alicyclic amines) is 1. The summed E-state index contributed by atoms with van der Waals surface area (Å²) in [7, 11) is 0. The van der Waals surface area contributed by atoms with Gasteiger partial charge >= 0.3 is 6.09 Å². The second kappa shape index (κ2) is 6.04. The molecule has 0 aromatic carbocycles. The second-order valence-electron chi connectivity index (χ2n) is 4.46. The van der Waals surface area contributed by atoms with E-state index in [1.807, 2.05) is 12.1 Å². The Morgan fingerprint density at radius 3 is 2.78 bits per heavy atom. The number of anilines is 1. The number of nitrogens with zero attached hydrogens (tertiary/aromatic N) is 2. The standard InChI is InChI=1S/C12H16BrN3O2/c13-10-1-2-11(15-8-10)14-7-9-3-5-16(6-4-9)12(17)18/h1-2,8-9H,3-7H2,(H,14,15)(H,17,18). The van der Waals surface area contributed by atoms with Gasteiger partial charge in [0.2, 0.25) is 0 Å². The predicted molar refractivity (Wildman–Crippen MR) is 72.7 cm³/mol. The van der Waals surface area contributed by atoms with Crippen molar-refractivity contribution in [1.29, 1.82) is 0 Å². The summed E-state index contributed by atoms with van der Waals surface area (Å²) in [6.07, 6.45) is 2.78. The average Bonchev–Trinajstić information content (AvgIpc) is 2.38. The van der Waals surface area contributed by atoms with Crippen molar-refractivity contribution in [2.24, 2.45) is 5.92 Å². The molecule has 0 radical (unpaired) electrons. The summed E-state index contributed by atoms with van der Waals surface area (Å²) in [5.41, 5.74) is 0. The summed E-state index contributed by atoms with van der Waals surface area (Å²) in [5, 5.41) is 12.1. The van der Waals surface area contributed by atoms with Crippen LogP contribution >= 0.6 is 15.9 Å². The minimum Gasteiger partial charge on any atom is -0.465 e. The fourth-order valence-corrected chi connectivity index (χ4v) is 2.29. The van der Waals surface area contributed by atoms with Gasteiger partial charge in [0.05, 0.1) is 0 Å². The zero-order valence-corrected chi connectivity index (χ0v) is 11.6.